The summed E-state index contributed by atoms with van der Waals surface area (Å²) in [5.41, 5.74) is 0.181. The molecule has 0 bridgehead atoms. The average Bonchev–Trinajstić information content (AvgIpc) is 2.71. The minimum absolute atomic E-state index is 0.181. The number of rotatable bonds is 7. The molecule has 1 atom stereocenters. The van der Waals surface area contributed by atoms with Crippen molar-refractivity contribution in [2.75, 3.05) is 13.1 Å². The van der Waals surface area contributed by atoms with Gasteiger partial charge in [-0.2, -0.15) is 0 Å². The van der Waals surface area contributed by atoms with Gasteiger partial charge in [-0.05, 0) is 30.8 Å². The monoisotopic (exact) mass is 223 g/mol. The van der Waals surface area contributed by atoms with Crippen molar-refractivity contribution in [2.45, 2.75) is 26.7 Å². The lowest BCUT2D eigenvalue weighted by atomic mass is 9.86. The summed E-state index contributed by atoms with van der Waals surface area (Å²) in [5.74, 6) is 0. The van der Waals surface area contributed by atoms with Crippen LogP contribution in [-0.4, -0.2) is 13.1 Å². The van der Waals surface area contributed by atoms with Crippen molar-refractivity contribution >= 4 is 11.3 Å². The number of nitrogens with one attached hydrogen (secondary N) is 1. The van der Waals surface area contributed by atoms with Crippen molar-refractivity contribution < 1.29 is 0 Å². The first-order valence-corrected chi connectivity index (χ1v) is 6.45. The Balaban J connectivity index is 2.48. The zero-order valence-corrected chi connectivity index (χ0v) is 10.6. The topological polar surface area (TPSA) is 12.0 Å². The molecule has 1 nitrogen and oxygen atoms in total. The summed E-state index contributed by atoms with van der Waals surface area (Å²) in [6.07, 6.45) is 4.35. The van der Waals surface area contributed by atoms with E-state index in [0.717, 1.165) is 19.5 Å². The van der Waals surface area contributed by atoms with Crippen LogP contribution in [-0.2, 0) is 6.42 Å². The molecule has 0 radical (unpaired) electrons. The molecule has 0 fully saturated rings. The molecule has 15 heavy (non-hydrogen) atoms. The number of hydrogen-bond acceptors (Lipinski definition) is 2. The fourth-order valence-electron chi connectivity index (χ4n) is 1.57. The summed E-state index contributed by atoms with van der Waals surface area (Å²) in [6.45, 7) is 10.5. The third kappa shape index (κ3) is 4.18. The van der Waals surface area contributed by atoms with Crippen LogP contribution in [0.2, 0.25) is 0 Å². The normalized spacial score (nSPS) is 14.8. The highest BCUT2D eigenvalue weighted by atomic mass is 32.1. The SMILES string of the molecule is C=CC(C)(CNCCC)Cc1cccs1. The van der Waals surface area contributed by atoms with Gasteiger partial charge in [0.15, 0.2) is 0 Å². The first-order chi connectivity index (χ1) is 7.20. The lowest BCUT2D eigenvalue weighted by Gasteiger charge is -2.25. The standard InChI is InChI=1S/C13H21NS/c1-4-8-14-11-13(3,5-2)10-12-7-6-9-15-12/h5-7,9,14H,2,4,8,10-11H2,1,3H3. The average molecular weight is 223 g/mol. The van der Waals surface area contributed by atoms with Crippen LogP contribution in [0.4, 0.5) is 0 Å². The molecule has 0 aliphatic rings. The van der Waals surface area contributed by atoms with E-state index in [0.29, 0.717) is 0 Å². The molecule has 1 N–H and O–H groups in total. The van der Waals surface area contributed by atoms with Crippen LogP contribution in [0.15, 0.2) is 30.2 Å². The molecule has 84 valence electrons. The van der Waals surface area contributed by atoms with Gasteiger partial charge in [0.2, 0.25) is 0 Å². The van der Waals surface area contributed by atoms with E-state index in [4.69, 9.17) is 0 Å². The van der Waals surface area contributed by atoms with Crippen LogP contribution in [0.25, 0.3) is 0 Å². The van der Waals surface area contributed by atoms with E-state index in [1.807, 2.05) is 11.3 Å². The van der Waals surface area contributed by atoms with Crippen molar-refractivity contribution in [1.29, 1.82) is 0 Å². The van der Waals surface area contributed by atoms with Gasteiger partial charge in [0.1, 0.15) is 0 Å². The van der Waals surface area contributed by atoms with Gasteiger partial charge in [-0.3, -0.25) is 0 Å². The van der Waals surface area contributed by atoms with Gasteiger partial charge in [0.05, 0.1) is 0 Å². The summed E-state index contributed by atoms with van der Waals surface area (Å²) in [6, 6.07) is 4.31. The van der Waals surface area contributed by atoms with E-state index in [1.54, 1.807) is 0 Å². The molecule has 2 heteroatoms. The molecule has 1 heterocycles. The summed E-state index contributed by atoms with van der Waals surface area (Å²) in [7, 11) is 0. The fourth-order valence-corrected chi connectivity index (χ4v) is 2.47. The fraction of sp³-hybridized carbons (Fsp3) is 0.538. The number of hydrogen-bond donors (Lipinski definition) is 1. The van der Waals surface area contributed by atoms with E-state index in [2.05, 4.69) is 49.3 Å². The second kappa shape index (κ2) is 6.09. The quantitative estimate of drug-likeness (QED) is 0.551. The Morgan fingerprint density at radius 3 is 2.93 bits per heavy atom. The second-order valence-electron chi connectivity index (χ2n) is 4.29. The van der Waals surface area contributed by atoms with Gasteiger partial charge in [-0.25, -0.2) is 0 Å². The zero-order chi connectivity index (χ0) is 11.1. The predicted octanol–water partition coefficient (Wildman–Crippen LogP) is 3.48. The molecule has 0 saturated carbocycles. The molecule has 1 aromatic heterocycles. The van der Waals surface area contributed by atoms with Crippen molar-refractivity contribution in [3.05, 3.63) is 35.0 Å². The largest absolute Gasteiger partial charge is 0.316 e. The van der Waals surface area contributed by atoms with Crippen LogP contribution in [0.5, 0.6) is 0 Å². The van der Waals surface area contributed by atoms with Crippen molar-refractivity contribution in [3.8, 4) is 0 Å². The summed E-state index contributed by atoms with van der Waals surface area (Å²) >= 11 is 1.83. The molecule has 0 spiro atoms. The Bertz CT molecular complexity index is 279. The second-order valence-corrected chi connectivity index (χ2v) is 5.32. The predicted molar refractivity (Wildman–Crippen MR) is 69.5 cm³/mol. The Hall–Kier alpha value is -0.600. The van der Waals surface area contributed by atoms with Crippen LogP contribution in [0.3, 0.4) is 0 Å². The van der Waals surface area contributed by atoms with E-state index < -0.39 is 0 Å². The van der Waals surface area contributed by atoms with E-state index >= 15 is 0 Å². The Labute approximate surface area is 97.2 Å². The van der Waals surface area contributed by atoms with Crippen LogP contribution in [0, 0.1) is 5.41 Å². The summed E-state index contributed by atoms with van der Waals surface area (Å²) < 4.78 is 0. The first-order valence-electron chi connectivity index (χ1n) is 5.57. The zero-order valence-electron chi connectivity index (χ0n) is 9.75. The summed E-state index contributed by atoms with van der Waals surface area (Å²) in [4.78, 5) is 1.44. The van der Waals surface area contributed by atoms with Crippen molar-refractivity contribution in [1.82, 2.24) is 5.32 Å². The van der Waals surface area contributed by atoms with Gasteiger partial charge >= 0.3 is 0 Å². The minimum atomic E-state index is 0.181. The lowest BCUT2D eigenvalue weighted by molar-refractivity contribution is 0.394. The van der Waals surface area contributed by atoms with Gasteiger partial charge < -0.3 is 5.32 Å². The molecule has 0 aliphatic carbocycles. The molecule has 0 aromatic carbocycles. The molecular weight excluding hydrogens is 202 g/mol. The van der Waals surface area contributed by atoms with Gasteiger partial charge in [-0.15, -0.1) is 17.9 Å². The van der Waals surface area contributed by atoms with Crippen LogP contribution in [0.1, 0.15) is 25.1 Å². The maximum atomic E-state index is 3.96. The lowest BCUT2D eigenvalue weighted by Crippen LogP contribution is -2.32. The third-order valence-corrected chi connectivity index (χ3v) is 3.48. The Morgan fingerprint density at radius 2 is 2.40 bits per heavy atom. The maximum absolute atomic E-state index is 3.96. The molecular formula is C13H21NS. The molecule has 0 saturated heterocycles. The highest BCUT2D eigenvalue weighted by Crippen LogP contribution is 2.25. The van der Waals surface area contributed by atoms with Crippen LogP contribution >= 0.6 is 11.3 Å². The van der Waals surface area contributed by atoms with Crippen LogP contribution < -0.4 is 5.32 Å². The van der Waals surface area contributed by atoms with Gasteiger partial charge in [0.25, 0.3) is 0 Å². The van der Waals surface area contributed by atoms with Crippen molar-refractivity contribution in [3.63, 3.8) is 0 Å². The first kappa shape index (κ1) is 12.5. The van der Waals surface area contributed by atoms with Crippen molar-refractivity contribution in [2.24, 2.45) is 5.41 Å². The van der Waals surface area contributed by atoms with E-state index in [1.165, 1.54) is 11.3 Å². The minimum Gasteiger partial charge on any atom is -0.316 e. The molecule has 0 amide bonds. The Morgan fingerprint density at radius 1 is 1.60 bits per heavy atom. The highest BCUT2D eigenvalue weighted by Gasteiger charge is 2.20. The highest BCUT2D eigenvalue weighted by molar-refractivity contribution is 7.09. The van der Waals surface area contributed by atoms with Gasteiger partial charge in [-0.1, -0.05) is 26.0 Å². The van der Waals surface area contributed by atoms with Gasteiger partial charge in [0, 0.05) is 16.8 Å². The molecule has 0 aliphatic heterocycles. The molecule has 1 aromatic rings. The van der Waals surface area contributed by atoms with E-state index in [9.17, 15) is 0 Å². The Kier molecular flexibility index (Phi) is 5.06. The molecule has 1 rings (SSSR count). The van der Waals surface area contributed by atoms with E-state index in [-0.39, 0.29) is 5.41 Å². The third-order valence-electron chi connectivity index (χ3n) is 2.61. The maximum Gasteiger partial charge on any atom is 0.00542 e. The summed E-state index contributed by atoms with van der Waals surface area (Å²) in [5, 5.41) is 5.61. The molecule has 1 unspecified atom stereocenters. The number of thiophene rings is 1. The smallest absolute Gasteiger partial charge is 0.00542 e.